The van der Waals surface area contributed by atoms with E-state index in [2.05, 4.69) is 10.3 Å². The molecule has 0 fully saturated rings. The number of methoxy groups -OCH3 is 1. The Morgan fingerprint density at radius 1 is 1.16 bits per heavy atom. The van der Waals surface area contributed by atoms with Gasteiger partial charge in [-0.3, -0.25) is 14.9 Å². The summed E-state index contributed by atoms with van der Waals surface area (Å²) in [5, 5.41) is 16.5. The lowest BCUT2D eigenvalue weighted by Crippen LogP contribution is -2.38. The van der Waals surface area contributed by atoms with Gasteiger partial charge in [0.2, 0.25) is 5.91 Å². The van der Waals surface area contributed by atoms with Crippen molar-refractivity contribution in [1.82, 2.24) is 10.2 Å². The third kappa shape index (κ3) is 6.07. The van der Waals surface area contributed by atoms with E-state index < -0.39 is 16.9 Å². The maximum absolute atomic E-state index is 13.4. The van der Waals surface area contributed by atoms with Crippen molar-refractivity contribution >= 4 is 34.5 Å². The maximum atomic E-state index is 13.4. The largest absolute Gasteiger partial charge is 0.457 e. The lowest BCUT2D eigenvalue weighted by molar-refractivity contribution is -0.384. The number of aliphatic imine (C=N–C) groups is 1. The Kier molecular flexibility index (Phi) is 8.36. The van der Waals surface area contributed by atoms with Gasteiger partial charge in [0.1, 0.15) is 6.61 Å². The van der Waals surface area contributed by atoms with Gasteiger partial charge in [-0.25, -0.2) is 9.79 Å². The van der Waals surface area contributed by atoms with Gasteiger partial charge in [-0.15, -0.1) is 0 Å². The van der Waals surface area contributed by atoms with Crippen LogP contribution in [0.15, 0.2) is 82.0 Å². The highest BCUT2D eigenvalue weighted by Gasteiger charge is 2.41. The number of ether oxygens (including phenoxy) is 2. The molecule has 0 saturated heterocycles. The molecule has 192 valence electrons. The molecular weight excluding hydrogens is 496 g/mol. The number of thioether (sulfide) groups is 1. The number of esters is 1. The fourth-order valence-electron chi connectivity index (χ4n) is 4.04. The molecule has 1 unspecified atom stereocenters. The molecule has 1 N–H and O–H groups in total. The SMILES string of the molecule is COCCNC(=O)CC1=CSC2=NC(C)=C(C(=O)OCc3ccccc3)C(c3ccc([N+](=O)[O-])cc3)N12. The third-order valence-corrected chi connectivity index (χ3v) is 6.71. The van der Waals surface area contributed by atoms with Crippen LogP contribution in [0, 0.1) is 10.1 Å². The van der Waals surface area contributed by atoms with Gasteiger partial charge in [-0.05, 0) is 35.6 Å². The predicted octanol–water partition coefficient (Wildman–Crippen LogP) is 4.07. The van der Waals surface area contributed by atoms with Crippen LogP contribution in [0.4, 0.5) is 5.69 Å². The van der Waals surface area contributed by atoms with Gasteiger partial charge >= 0.3 is 5.97 Å². The first-order chi connectivity index (χ1) is 17.9. The van der Waals surface area contributed by atoms with Crippen molar-refractivity contribution in [2.45, 2.75) is 26.0 Å². The van der Waals surface area contributed by atoms with Crippen LogP contribution in [0.3, 0.4) is 0 Å². The summed E-state index contributed by atoms with van der Waals surface area (Å²) in [5.41, 5.74) is 2.86. The molecule has 1 atom stereocenters. The molecule has 1 amide bonds. The summed E-state index contributed by atoms with van der Waals surface area (Å²) in [5.74, 6) is -0.750. The minimum atomic E-state index is -0.676. The number of fused-ring (bicyclic) bond motifs is 1. The summed E-state index contributed by atoms with van der Waals surface area (Å²) >= 11 is 1.35. The van der Waals surface area contributed by atoms with Crippen molar-refractivity contribution in [2.75, 3.05) is 20.3 Å². The Labute approximate surface area is 218 Å². The van der Waals surface area contributed by atoms with Gasteiger partial charge in [-0.1, -0.05) is 42.1 Å². The van der Waals surface area contributed by atoms with E-state index in [9.17, 15) is 19.7 Å². The first kappa shape index (κ1) is 26.1. The number of amides is 1. The van der Waals surface area contributed by atoms with E-state index >= 15 is 0 Å². The fourth-order valence-corrected chi connectivity index (χ4v) is 5.01. The number of carbonyl (C=O) groups is 2. The Morgan fingerprint density at radius 3 is 2.57 bits per heavy atom. The molecule has 2 aliphatic heterocycles. The monoisotopic (exact) mass is 522 g/mol. The highest BCUT2D eigenvalue weighted by Crippen LogP contribution is 2.45. The molecule has 0 saturated carbocycles. The Balaban J connectivity index is 1.65. The summed E-state index contributed by atoms with van der Waals surface area (Å²) in [6, 6.07) is 14.7. The average molecular weight is 523 g/mol. The van der Waals surface area contributed by atoms with Crippen molar-refractivity contribution in [1.29, 1.82) is 0 Å². The molecule has 0 spiro atoms. The lowest BCUT2D eigenvalue weighted by atomic mass is 9.93. The van der Waals surface area contributed by atoms with Gasteiger partial charge in [0.05, 0.1) is 35.3 Å². The zero-order valence-corrected chi connectivity index (χ0v) is 21.2. The summed E-state index contributed by atoms with van der Waals surface area (Å²) in [6.07, 6.45) is 0.0601. The van der Waals surface area contributed by atoms with Crippen LogP contribution in [-0.4, -0.2) is 47.1 Å². The molecule has 0 bridgehead atoms. The number of allylic oxidation sites excluding steroid dienone is 1. The zero-order chi connectivity index (χ0) is 26.4. The second-order valence-electron chi connectivity index (χ2n) is 8.32. The fraction of sp³-hybridized carbons (Fsp3) is 0.269. The molecule has 4 rings (SSSR count). The van der Waals surface area contributed by atoms with Crippen molar-refractivity contribution in [3.63, 3.8) is 0 Å². The molecule has 10 nitrogen and oxygen atoms in total. The quantitative estimate of drug-likeness (QED) is 0.214. The smallest absolute Gasteiger partial charge is 0.338 e. The molecule has 2 aromatic carbocycles. The van der Waals surface area contributed by atoms with Gasteiger partial charge in [0.15, 0.2) is 5.17 Å². The number of nitrogens with one attached hydrogen (secondary N) is 1. The molecular formula is C26H26N4O6S. The summed E-state index contributed by atoms with van der Waals surface area (Å²) < 4.78 is 10.6. The molecule has 2 aromatic rings. The van der Waals surface area contributed by atoms with Crippen LogP contribution in [0.5, 0.6) is 0 Å². The minimum absolute atomic E-state index is 0.0601. The minimum Gasteiger partial charge on any atom is -0.457 e. The summed E-state index contributed by atoms with van der Waals surface area (Å²) in [6.45, 7) is 2.58. The molecule has 11 heteroatoms. The molecule has 2 heterocycles. The second-order valence-corrected chi connectivity index (χ2v) is 9.16. The first-order valence-corrected chi connectivity index (χ1v) is 12.4. The number of nitro benzene ring substituents is 1. The number of hydrogen-bond donors (Lipinski definition) is 1. The predicted molar refractivity (Wildman–Crippen MR) is 139 cm³/mol. The van der Waals surface area contributed by atoms with Gasteiger partial charge in [-0.2, -0.15) is 0 Å². The van der Waals surface area contributed by atoms with E-state index in [1.165, 1.54) is 23.9 Å². The Hall–Kier alpha value is -3.96. The number of benzene rings is 2. The number of nitrogens with zero attached hydrogens (tertiary/aromatic N) is 3. The first-order valence-electron chi connectivity index (χ1n) is 11.5. The second kappa shape index (κ2) is 11.8. The van der Waals surface area contributed by atoms with E-state index in [4.69, 9.17) is 9.47 Å². The Morgan fingerprint density at radius 2 is 1.89 bits per heavy atom. The maximum Gasteiger partial charge on any atom is 0.338 e. The number of amidine groups is 1. The molecule has 37 heavy (non-hydrogen) atoms. The molecule has 0 aromatic heterocycles. The highest BCUT2D eigenvalue weighted by molar-refractivity contribution is 8.16. The third-order valence-electron chi connectivity index (χ3n) is 5.82. The van der Waals surface area contributed by atoms with Crippen LogP contribution < -0.4 is 5.32 Å². The van der Waals surface area contributed by atoms with Crippen molar-refractivity contribution in [3.8, 4) is 0 Å². The normalized spacial score (nSPS) is 16.6. The number of nitro groups is 1. The van der Waals surface area contributed by atoms with Crippen LogP contribution in [-0.2, 0) is 25.7 Å². The standard InChI is InChI=1S/C26H26N4O6S/c1-17-23(25(32)36-15-18-6-4-3-5-7-18)24(19-8-10-20(11-9-19)30(33)34)29-21(16-37-26(29)28-17)14-22(31)27-12-13-35-2/h3-11,16,24H,12-15H2,1-2H3,(H,27,31). The van der Waals surface area contributed by atoms with E-state index in [-0.39, 0.29) is 24.6 Å². The number of rotatable bonds is 10. The number of non-ortho nitro benzene ring substituents is 1. The van der Waals surface area contributed by atoms with Crippen molar-refractivity contribution < 1.29 is 24.0 Å². The van der Waals surface area contributed by atoms with Crippen LogP contribution in [0.25, 0.3) is 0 Å². The van der Waals surface area contributed by atoms with Crippen LogP contribution in [0.2, 0.25) is 0 Å². The number of carbonyl (C=O) groups excluding carboxylic acids is 2. The summed E-state index contributed by atoms with van der Waals surface area (Å²) in [4.78, 5) is 43.2. The summed E-state index contributed by atoms with van der Waals surface area (Å²) in [7, 11) is 1.56. The van der Waals surface area contributed by atoms with Crippen LogP contribution >= 0.6 is 11.8 Å². The van der Waals surface area contributed by atoms with Crippen molar-refractivity contribution in [3.05, 3.63) is 98.2 Å². The van der Waals surface area contributed by atoms with E-state index in [0.29, 0.717) is 40.8 Å². The average Bonchev–Trinajstić information content (AvgIpc) is 3.29. The molecule has 0 radical (unpaired) electrons. The van der Waals surface area contributed by atoms with E-state index in [1.54, 1.807) is 26.2 Å². The van der Waals surface area contributed by atoms with Crippen molar-refractivity contribution in [2.24, 2.45) is 4.99 Å². The molecule has 2 aliphatic rings. The van der Waals surface area contributed by atoms with Crippen LogP contribution in [0.1, 0.15) is 30.5 Å². The molecule has 0 aliphatic carbocycles. The highest BCUT2D eigenvalue weighted by atomic mass is 32.2. The number of hydrogen-bond acceptors (Lipinski definition) is 9. The van der Waals surface area contributed by atoms with Gasteiger partial charge in [0, 0.05) is 31.5 Å². The zero-order valence-electron chi connectivity index (χ0n) is 20.4. The van der Waals surface area contributed by atoms with Gasteiger partial charge in [0.25, 0.3) is 5.69 Å². The Bertz CT molecular complexity index is 1270. The topological polar surface area (TPSA) is 123 Å². The van der Waals surface area contributed by atoms with Gasteiger partial charge < -0.3 is 19.7 Å². The van der Waals surface area contributed by atoms with E-state index in [1.807, 2.05) is 40.6 Å². The lowest BCUT2D eigenvalue weighted by Gasteiger charge is -2.36. The van der Waals surface area contributed by atoms with E-state index in [0.717, 1.165) is 5.56 Å².